The van der Waals surface area contributed by atoms with Gasteiger partial charge >= 0.3 is 12.0 Å². The minimum atomic E-state index is -0.735. The van der Waals surface area contributed by atoms with Gasteiger partial charge < -0.3 is 9.64 Å². The van der Waals surface area contributed by atoms with Crippen molar-refractivity contribution < 1.29 is 14.3 Å². The van der Waals surface area contributed by atoms with Gasteiger partial charge in [0.2, 0.25) is 0 Å². The summed E-state index contributed by atoms with van der Waals surface area (Å²) in [5.74, 6) is -0.410. The topological polar surface area (TPSA) is 62.2 Å². The van der Waals surface area contributed by atoms with Crippen LogP contribution in [0.5, 0.6) is 0 Å². The Morgan fingerprint density at radius 2 is 1.37 bits per heavy atom. The van der Waals surface area contributed by atoms with E-state index < -0.39 is 17.6 Å². The normalized spacial score (nSPS) is 14.5. The van der Waals surface area contributed by atoms with Gasteiger partial charge in [-0.25, -0.2) is 14.6 Å². The molecule has 3 aromatic carbocycles. The second-order valence-corrected chi connectivity index (χ2v) is 9.52. The van der Waals surface area contributed by atoms with E-state index in [1.807, 2.05) is 112 Å². The molecule has 180 valence electrons. The number of amides is 2. The zero-order chi connectivity index (χ0) is 24.8. The first-order chi connectivity index (χ1) is 16.8. The molecule has 0 bridgehead atoms. The van der Waals surface area contributed by atoms with Crippen LogP contribution >= 0.6 is 0 Å². The van der Waals surface area contributed by atoms with Gasteiger partial charge in [-0.05, 0) is 26.3 Å². The van der Waals surface area contributed by atoms with Crippen LogP contribution in [0.4, 0.5) is 4.79 Å². The highest BCUT2D eigenvalue weighted by molar-refractivity contribution is 6.13. The molecule has 1 aliphatic heterocycles. The average Bonchev–Trinajstić information content (AvgIpc) is 3.21. The standard InChI is InChI=1S/C29H31N3O3/c1-29(2,3)35-27(33)25(21-22-13-7-4-8-14-22)31-19-20-32(28(31)34)30-26(23-15-9-5-10-16-23)24-17-11-6-12-18-24/h4-18,25H,19-21H2,1-3H3/t25-/m1/s1. The Hall–Kier alpha value is -3.93. The Morgan fingerprint density at radius 1 is 0.857 bits per heavy atom. The lowest BCUT2D eigenvalue weighted by Gasteiger charge is -2.29. The van der Waals surface area contributed by atoms with E-state index in [4.69, 9.17) is 9.84 Å². The maximum absolute atomic E-state index is 13.5. The lowest BCUT2D eigenvalue weighted by Crippen LogP contribution is -2.47. The predicted octanol–water partition coefficient (Wildman–Crippen LogP) is 5.13. The summed E-state index contributed by atoms with van der Waals surface area (Å²) in [6.07, 6.45) is 0.378. The van der Waals surface area contributed by atoms with Gasteiger partial charge in [-0.15, -0.1) is 0 Å². The molecule has 1 atom stereocenters. The molecule has 0 saturated carbocycles. The number of esters is 1. The lowest BCUT2D eigenvalue weighted by molar-refractivity contribution is -0.160. The fourth-order valence-electron chi connectivity index (χ4n) is 4.05. The van der Waals surface area contributed by atoms with Crippen molar-refractivity contribution >= 4 is 17.7 Å². The van der Waals surface area contributed by atoms with Crippen molar-refractivity contribution in [3.63, 3.8) is 0 Å². The average molecular weight is 470 g/mol. The van der Waals surface area contributed by atoms with E-state index in [1.165, 1.54) is 5.01 Å². The summed E-state index contributed by atoms with van der Waals surface area (Å²) in [5.41, 5.74) is 2.85. The Kier molecular flexibility index (Phi) is 7.30. The summed E-state index contributed by atoms with van der Waals surface area (Å²) in [7, 11) is 0. The third-order valence-corrected chi connectivity index (χ3v) is 5.66. The molecule has 1 saturated heterocycles. The van der Waals surface area contributed by atoms with Crippen LogP contribution in [0.25, 0.3) is 0 Å². The van der Waals surface area contributed by atoms with Crippen LogP contribution in [-0.4, -0.2) is 52.4 Å². The highest BCUT2D eigenvalue weighted by Gasteiger charge is 2.39. The fourth-order valence-corrected chi connectivity index (χ4v) is 4.05. The van der Waals surface area contributed by atoms with Crippen molar-refractivity contribution in [3.05, 3.63) is 108 Å². The van der Waals surface area contributed by atoms with Crippen LogP contribution in [-0.2, 0) is 16.0 Å². The summed E-state index contributed by atoms with van der Waals surface area (Å²) in [6.45, 7) is 6.27. The minimum absolute atomic E-state index is 0.304. The molecule has 2 amide bonds. The quantitative estimate of drug-likeness (QED) is 0.356. The molecule has 0 spiro atoms. The zero-order valence-corrected chi connectivity index (χ0v) is 20.4. The SMILES string of the molecule is CC(C)(C)OC(=O)[C@@H](Cc1ccccc1)N1CCN(N=C(c2ccccc2)c2ccccc2)C1=O. The van der Waals surface area contributed by atoms with Crippen molar-refractivity contribution in [1.29, 1.82) is 0 Å². The van der Waals surface area contributed by atoms with Crippen LogP contribution < -0.4 is 0 Å². The van der Waals surface area contributed by atoms with Crippen LogP contribution in [0.1, 0.15) is 37.5 Å². The Balaban J connectivity index is 1.64. The second-order valence-electron chi connectivity index (χ2n) is 9.52. The van der Waals surface area contributed by atoms with Crippen molar-refractivity contribution in [2.75, 3.05) is 13.1 Å². The number of carbonyl (C=O) groups is 2. The molecule has 0 unspecified atom stereocenters. The van der Waals surface area contributed by atoms with Crippen LogP contribution in [0, 0.1) is 0 Å². The molecule has 0 aliphatic carbocycles. The zero-order valence-electron chi connectivity index (χ0n) is 20.4. The van der Waals surface area contributed by atoms with E-state index in [9.17, 15) is 9.59 Å². The highest BCUT2D eigenvalue weighted by atomic mass is 16.6. The van der Waals surface area contributed by atoms with E-state index in [0.717, 1.165) is 16.7 Å². The van der Waals surface area contributed by atoms with Gasteiger partial charge in [0.25, 0.3) is 0 Å². The number of hydrazone groups is 1. The van der Waals surface area contributed by atoms with E-state index in [1.54, 1.807) is 4.90 Å². The molecule has 1 aliphatic rings. The van der Waals surface area contributed by atoms with Crippen LogP contribution in [0.3, 0.4) is 0 Å². The van der Waals surface area contributed by atoms with Gasteiger partial charge in [0, 0.05) is 24.1 Å². The third-order valence-electron chi connectivity index (χ3n) is 5.66. The Labute approximate surface area is 206 Å². The number of carbonyl (C=O) groups excluding carboxylic acids is 2. The van der Waals surface area contributed by atoms with Gasteiger partial charge in [-0.1, -0.05) is 91.0 Å². The lowest BCUT2D eigenvalue weighted by atomic mass is 10.0. The molecule has 6 nitrogen and oxygen atoms in total. The number of ether oxygens (including phenoxy) is 1. The molecule has 0 N–H and O–H groups in total. The Morgan fingerprint density at radius 3 is 1.89 bits per heavy atom. The summed E-state index contributed by atoms with van der Waals surface area (Å²) < 4.78 is 5.70. The number of rotatable bonds is 7. The maximum Gasteiger partial charge on any atom is 0.341 e. The van der Waals surface area contributed by atoms with Crippen molar-refractivity contribution in [2.45, 2.75) is 38.8 Å². The van der Waals surface area contributed by atoms with Crippen molar-refractivity contribution in [3.8, 4) is 0 Å². The molecule has 1 fully saturated rings. The number of nitrogens with zero attached hydrogens (tertiary/aromatic N) is 3. The number of urea groups is 1. The summed E-state index contributed by atoms with van der Waals surface area (Å²) in [6, 6.07) is 28.2. The molecule has 3 aromatic rings. The summed E-state index contributed by atoms with van der Waals surface area (Å²) >= 11 is 0. The molecular weight excluding hydrogens is 438 g/mol. The molecule has 35 heavy (non-hydrogen) atoms. The third kappa shape index (κ3) is 6.15. The summed E-state index contributed by atoms with van der Waals surface area (Å²) in [5, 5.41) is 6.23. The first-order valence-corrected chi connectivity index (χ1v) is 11.9. The molecule has 4 rings (SSSR count). The maximum atomic E-state index is 13.5. The van der Waals surface area contributed by atoms with E-state index in [2.05, 4.69) is 0 Å². The van der Waals surface area contributed by atoms with Crippen LogP contribution in [0.2, 0.25) is 0 Å². The first kappa shape index (κ1) is 24.2. The molecular formula is C29H31N3O3. The smallest absolute Gasteiger partial charge is 0.341 e. The number of hydrogen-bond acceptors (Lipinski definition) is 4. The predicted molar refractivity (Wildman–Crippen MR) is 137 cm³/mol. The monoisotopic (exact) mass is 469 g/mol. The molecule has 6 heteroatoms. The largest absolute Gasteiger partial charge is 0.458 e. The van der Waals surface area contributed by atoms with Gasteiger partial charge in [-0.3, -0.25) is 0 Å². The van der Waals surface area contributed by atoms with Gasteiger partial charge in [0.15, 0.2) is 0 Å². The summed E-state index contributed by atoms with van der Waals surface area (Å²) in [4.78, 5) is 28.3. The number of hydrogen-bond donors (Lipinski definition) is 0. The van der Waals surface area contributed by atoms with E-state index in [0.29, 0.717) is 25.2 Å². The van der Waals surface area contributed by atoms with Crippen molar-refractivity contribution in [2.24, 2.45) is 5.10 Å². The second kappa shape index (κ2) is 10.6. The molecule has 1 heterocycles. The van der Waals surface area contributed by atoms with Gasteiger partial charge in [-0.2, -0.15) is 5.10 Å². The van der Waals surface area contributed by atoms with Gasteiger partial charge in [0.1, 0.15) is 11.6 Å². The van der Waals surface area contributed by atoms with E-state index in [-0.39, 0.29) is 6.03 Å². The van der Waals surface area contributed by atoms with Crippen LogP contribution in [0.15, 0.2) is 96.1 Å². The Bertz CT molecular complexity index is 1130. The van der Waals surface area contributed by atoms with Gasteiger partial charge in [0.05, 0.1) is 12.3 Å². The minimum Gasteiger partial charge on any atom is -0.458 e. The highest BCUT2D eigenvalue weighted by Crippen LogP contribution is 2.22. The fraction of sp³-hybridized carbons (Fsp3) is 0.276. The first-order valence-electron chi connectivity index (χ1n) is 11.9. The van der Waals surface area contributed by atoms with Crippen molar-refractivity contribution in [1.82, 2.24) is 9.91 Å². The molecule has 0 radical (unpaired) electrons. The van der Waals surface area contributed by atoms with E-state index >= 15 is 0 Å². The number of benzene rings is 3. The molecule has 0 aromatic heterocycles.